The van der Waals surface area contributed by atoms with Gasteiger partial charge in [-0.3, -0.25) is 19.5 Å². The van der Waals surface area contributed by atoms with E-state index in [9.17, 15) is 14.4 Å². The molecule has 0 aliphatic rings. The maximum absolute atomic E-state index is 12.7. The quantitative estimate of drug-likeness (QED) is 0.523. The molecule has 3 aromatic carbocycles. The van der Waals surface area contributed by atoms with Crippen molar-refractivity contribution < 1.29 is 4.79 Å². The molecule has 1 heterocycles. The van der Waals surface area contributed by atoms with E-state index < -0.39 is 0 Å². The summed E-state index contributed by atoms with van der Waals surface area (Å²) >= 11 is 0. The van der Waals surface area contributed by atoms with Gasteiger partial charge in [0.25, 0.3) is 11.1 Å². The molecule has 150 valence electrons. The van der Waals surface area contributed by atoms with E-state index in [1.54, 1.807) is 24.3 Å². The maximum atomic E-state index is 12.7. The van der Waals surface area contributed by atoms with E-state index >= 15 is 0 Å². The van der Waals surface area contributed by atoms with Gasteiger partial charge >= 0.3 is 0 Å². The summed E-state index contributed by atoms with van der Waals surface area (Å²) < 4.78 is 1.20. The van der Waals surface area contributed by atoms with Crippen molar-refractivity contribution in [2.24, 2.45) is 0 Å². The SMILES string of the molecule is O=C(CCn1[nH]c(=O)c2ccccc2c1=O)NC(c1ccccc1)c1ccccc1. The number of fused-ring (bicyclic) bond motifs is 1. The molecule has 0 saturated carbocycles. The molecule has 1 amide bonds. The van der Waals surface area contributed by atoms with Crippen LogP contribution in [0.1, 0.15) is 23.6 Å². The monoisotopic (exact) mass is 399 g/mol. The highest BCUT2D eigenvalue weighted by Gasteiger charge is 2.17. The smallest absolute Gasteiger partial charge is 0.273 e. The lowest BCUT2D eigenvalue weighted by Crippen LogP contribution is -2.34. The number of hydrogen-bond acceptors (Lipinski definition) is 3. The second-order valence-corrected chi connectivity index (χ2v) is 7.02. The summed E-state index contributed by atoms with van der Waals surface area (Å²) in [5.41, 5.74) is 1.26. The molecular formula is C24H21N3O3. The summed E-state index contributed by atoms with van der Waals surface area (Å²) in [6, 6.07) is 25.8. The van der Waals surface area contributed by atoms with Crippen LogP contribution in [0.5, 0.6) is 0 Å². The third-order valence-corrected chi connectivity index (χ3v) is 5.02. The van der Waals surface area contributed by atoms with Crippen LogP contribution in [0.3, 0.4) is 0 Å². The first kappa shape index (κ1) is 19.4. The van der Waals surface area contributed by atoms with Crippen LogP contribution in [-0.4, -0.2) is 15.7 Å². The Morgan fingerprint density at radius 1 is 0.800 bits per heavy atom. The normalized spacial score (nSPS) is 11.0. The average molecular weight is 399 g/mol. The van der Waals surface area contributed by atoms with E-state index in [0.717, 1.165) is 11.1 Å². The van der Waals surface area contributed by atoms with Crippen molar-refractivity contribution in [2.75, 3.05) is 0 Å². The Morgan fingerprint density at radius 3 is 1.93 bits per heavy atom. The lowest BCUT2D eigenvalue weighted by Gasteiger charge is -2.20. The van der Waals surface area contributed by atoms with Gasteiger partial charge in [-0.1, -0.05) is 72.8 Å². The summed E-state index contributed by atoms with van der Waals surface area (Å²) in [6.45, 7) is 0.0844. The second-order valence-electron chi connectivity index (χ2n) is 7.02. The highest BCUT2D eigenvalue weighted by atomic mass is 16.2. The van der Waals surface area contributed by atoms with Crippen molar-refractivity contribution in [3.05, 3.63) is 117 Å². The summed E-state index contributed by atoms with van der Waals surface area (Å²) in [6.07, 6.45) is 0.0599. The molecule has 0 bridgehead atoms. The van der Waals surface area contributed by atoms with E-state index in [1.165, 1.54) is 4.68 Å². The Labute approximate surface area is 172 Å². The molecule has 4 aromatic rings. The van der Waals surface area contributed by atoms with Crippen LogP contribution in [0.25, 0.3) is 10.8 Å². The van der Waals surface area contributed by atoms with Gasteiger partial charge in [0.05, 0.1) is 23.4 Å². The molecule has 0 unspecified atom stereocenters. The molecule has 0 fully saturated rings. The van der Waals surface area contributed by atoms with Gasteiger partial charge in [-0.15, -0.1) is 0 Å². The zero-order valence-electron chi connectivity index (χ0n) is 16.2. The van der Waals surface area contributed by atoms with E-state index in [4.69, 9.17) is 0 Å². The fourth-order valence-electron chi connectivity index (χ4n) is 3.50. The van der Waals surface area contributed by atoms with Crippen molar-refractivity contribution in [3.8, 4) is 0 Å². The van der Waals surface area contributed by atoms with Crippen LogP contribution in [0.2, 0.25) is 0 Å². The number of aromatic nitrogens is 2. The van der Waals surface area contributed by atoms with Crippen molar-refractivity contribution in [1.29, 1.82) is 0 Å². The Hall–Kier alpha value is -3.93. The van der Waals surface area contributed by atoms with Gasteiger partial charge in [-0.05, 0) is 23.3 Å². The van der Waals surface area contributed by atoms with Crippen LogP contribution in [0.15, 0.2) is 94.5 Å². The molecule has 1 aromatic heterocycles. The summed E-state index contributed by atoms with van der Waals surface area (Å²) in [7, 11) is 0. The highest BCUT2D eigenvalue weighted by molar-refractivity contribution is 5.80. The molecule has 6 nitrogen and oxygen atoms in total. The van der Waals surface area contributed by atoms with Gasteiger partial charge in [0.15, 0.2) is 0 Å². The molecule has 0 atom stereocenters. The Bertz CT molecular complexity index is 1240. The average Bonchev–Trinajstić information content (AvgIpc) is 2.80. The minimum absolute atomic E-state index is 0.0599. The van der Waals surface area contributed by atoms with Crippen LogP contribution in [0, 0.1) is 0 Å². The van der Waals surface area contributed by atoms with E-state index in [2.05, 4.69) is 10.4 Å². The Balaban J connectivity index is 1.54. The topological polar surface area (TPSA) is 84.0 Å². The largest absolute Gasteiger partial charge is 0.345 e. The van der Waals surface area contributed by atoms with Gasteiger partial charge < -0.3 is 5.32 Å². The van der Waals surface area contributed by atoms with Crippen LogP contribution >= 0.6 is 0 Å². The second kappa shape index (κ2) is 8.61. The molecule has 0 saturated heterocycles. The fraction of sp³-hybridized carbons (Fsp3) is 0.125. The summed E-state index contributed by atoms with van der Waals surface area (Å²) in [5.74, 6) is -0.214. The third kappa shape index (κ3) is 4.07. The van der Waals surface area contributed by atoms with Gasteiger partial charge in [0, 0.05) is 6.42 Å². The number of carbonyl (C=O) groups is 1. The zero-order chi connectivity index (χ0) is 20.9. The number of benzene rings is 3. The van der Waals surface area contributed by atoms with Gasteiger partial charge in [-0.2, -0.15) is 0 Å². The van der Waals surface area contributed by atoms with Crippen molar-refractivity contribution in [3.63, 3.8) is 0 Å². The van der Waals surface area contributed by atoms with Gasteiger partial charge in [-0.25, -0.2) is 4.68 Å². The van der Waals surface area contributed by atoms with E-state index in [-0.39, 0.29) is 36.0 Å². The molecule has 0 spiro atoms. The van der Waals surface area contributed by atoms with Gasteiger partial charge in [0.2, 0.25) is 5.91 Å². The van der Waals surface area contributed by atoms with Crippen LogP contribution in [-0.2, 0) is 11.3 Å². The Kier molecular flexibility index (Phi) is 5.57. The first-order valence-corrected chi connectivity index (χ1v) is 9.74. The number of amides is 1. The van der Waals surface area contributed by atoms with E-state index in [1.807, 2.05) is 60.7 Å². The lowest BCUT2D eigenvalue weighted by atomic mass is 9.98. The molecular weight excluding hydrogens is 378 g/mol. The summed E-state index contributed by atoms with van der Waals surface area (Å²) in [5, 5.41) is 6.29. The number of nitrogens with one attached hydrogen (secondary N) is 2. The third-order valence-electron chi connectivity index (χ3n) is 5.02. The molecule has 6 heteroatoms. The first-order valence-electron chi connectivity index (χ1n) is 9.74. The van der Waals surface area contributed by atoms with Gasteiger partial charge in [0.1, 0.15) is 0 Å². The standard InChI is InChI=1S/C24H21N3O3/c28-21(15-16-27-24(30)20-14-8-7-13-19(20)23(29)26-27)25-22(17-9-3-1-4-10-17)18-11-5-2-6-12-18/h1-14,22H,15-16H2,(H,25,28)(H,26,29). The number of nitrogens with zero attached hydrogens (tertiary/aromatic N) is 1. The van der Waals surface area contributed by atoms with Crippen molar-refractivity contribution in [2.45, 2.75) is 19.0 Å². The summed E-state index contributed by atoms with van der Waals surface area (Å²) in [4.78, 5) is 37.6. The zero-order valence-corrected chi connectivity index (χ0v) is 16.2. The minimum Gasteiger partial charge on any atom is -0.345 e. The minimum atomic E-state index is -0.350. The number of hydrogen-bond donors (Lipinski definition) is 2. The highest BCUT2D eigenvalue weighted by Crippen LogP contribution is 2.21. The van der Waals surface area contributed by atoms with Crippen molar-refractivity contribution in [1.82, 2.24) is 15.1 Å². The lowest BCUT2D eigenvalue weighted by molar-refractivity contribution is -0.121. The number of H-pyrrole nitrogens is 1. The number of carbonyl (C=O) groups excluding carboxylic acids is 1. The maximum Gasteiger partial charge on any atom is 0.273 e. The molecule has 0 aliphatic heterocycles. The van der Waals surface area contributed by atoms with Crippen molar-refractivity contribution >= 4 is 16.7 Å². The predicted molar refractivity (Wildman–Crippen MR) is 116 cm³/mol. The van der Waals surface area contributed by atoms with Crippen LogP contribution < -0.4 is 16.4 Å². The molecule has 30 heavy (non-hydrogen) atoms. The molecule has 2 N–H and O–H groups in total. The molecule has 4 rings (SSSR count). The number of aryl methyl sites for hydroxylation is 1. The Morgan fingerprint density at radius 2 is 1.33 bits per heavy atom. The first-order chi connectivity index (χ1) is 14.6. The predicted octanol–water partition coefficient (Wildman–Crippen LogP) is 2.99. The number of rotatable bonds is 6. The fourth-order valence-corrected chi connectivity index (χ4v) is 3.50. The molecule has 0 aliphatic carbocycles. The van der Waals surface area contributed by atoms with E-state index in [0.29, 0.717) is 10.8 Å². The number of aromatic amines is 1. The molecule has 0 radical (unpaired) electrons. The van der Waals surface area contributed by atoms with Crippen LogP contribution in [0.4, 0.5) is 0 Å².